The highest BCUT2D eigenvalue weighted by atomic mass is 32.2. The second-order valence-corrected chi connectivity index (χ2v) is 8.03. The quantitative estimate of drug-likeness (QED) is 0.859. The molecule has 1 aliphatic heterocycles. The average Bonchev–Trinajstić information content (AvgIpc) is 2.56. The maximum atomic E-state index is 12.9. The number of carbonyl (C=O) groups excluding carboxylic acids is 2. The minimum atomic E-state index is -0.239. The highest BCUT2D eigenvalue weighted by Gasteiger charge is 2.31. The number of primary amides is 1. The van der Waals surface area contributed by atoms with Crippen LogP contribution in [0.2, 0.25) is 0 Å². The van der Waals surface area contributed by atoms with Crippen molar-refractivity contribution < 1.29 is 9.59 Å². The monoisotopic (exact) mass is 348 g/mol. The third-order valence-corrected chi connectivity index (χ3v) is 6.32. The molecule has 2 amide bonds. The minimum absolute atomic E-state index is 0.0465. The highest BCUT2D eigenvalue weighted by Crippen LogP contribution is 2.28. The van der Waals surface area contributed by atoms with Crippen LogP contribution in [-0.2, 0) is 15.3 Å². The van der Waals surface area contributed by atoms with Crippen LogP contribution >= 0.6 is 11.8 Å². The summed E-state index contributed by atoms with van der Waals surface area (Å²) in [6.07, 6.45) is 1.38. The summed E-state index contributed by atoms with van der Waals surface area (Å²) in [7, 11) is 0. The number of likely N-dealkylation sites (tertiary alicyclic amines) is 1. The number of nitrogens with two attached hydrogens (primary N) is 1. The van der Waals surface area contributed by atoms with Gasteiger partial charge in [0.2, 0.25) is 11.8 Å². The zero-order valence-electron chi connectivity index (χ0n) is 14.8. The Morgan fingerprint density at radius 3 is 2.42 bits per heavy atom. The van der Waals surface area contributed by atoms with Crippen molar-refractivity contribution >= 4 is 23.6 Å². The van der Waals surface area contributed by atoms with Crippen LogP contribution in [0, 0.1) is 18.8 Å². The van der Waals surface area contributed by atoms with Gasteiger partial charge in [0.1, 0.15) is 0 Å². The largest absolute Gasteiger partial charge is 0.369 e. The van der Waals surface area contributed by atoms with Gasteiger partial charge in [-0.05, 0) is 36.8 Å². The number of rotatable bonds is 6. The van der Waals surface area contributed by atoms with E-state index in [2.05, 4.69) is 32.9 Å². The number of amides is 2. The van der Waals surface area contributed by atoms with Gasteiger partial charge in [0, 0.05) is 24.8 Å². The van der Waals surface area contributed by atoms with E-state index in [1.165, 1.54) is 11.1 Å². The van der Waals surface area contributed by atoms with E-state index in [9.17, 15) is 9.59 Å². The second kappa shape index (κ2) is 8.56. The summed E-state index contributed by atoms with van der Waals surface area (Å²) < 4.78 is 0. The summed E-state index contributed by atoms with van der Waals surface area (Å²) in [6, 6.07) is 8.32. The summed E-state index contributed by atoms with van der Waals surface area (Å²) in [5.74, 6) is 1.01. The standard InChI is InChI=1S/C19H28N2O2S/c1-13(2)17(24-12-16-7-5-4-6-14(16)3)19(23)21-10-8-15(9-11-21)18(20)22/h4-7,13,15,17H,8-12H2,1-3H3,(H2,20,22). The van der Waals surface area contributed by atoms with E-state index in [1.807, 2.05) is 17.0 Å². The molecule has 1 aromatic rings. The number of carbonyl (C=O) groups is 2. The molecule has 1 fully saturated rings. The maximum absolute atomic E-state index is 12.9. The Morgan fingerprint density at radius 2 is 1.88 bits per heavy atom. The Labute approximate surface area is 149 Å². The molecule has 2 N–H and O–H groups in total. The van der Waals surface area contributed by atoms with E-state index in [4.69, 9.17) is 5.73 Å². The lowest BCUT2D eigenvalue weighted by molar-refractivity contribution is -0.135. The number of hydrogen-bond donors (Lipinski definition) is 1. The van der Waals surface area contributed by atoms with Crippen molar-refractivity contribution in [3.63, 3.8) is 0 Å². The van der Waals surface area contributed by atoms with Gasteiger partial charge in [-0.25, -0.2) is 0 Å². The van der Waals surface area contributed by atoms with Crippen molar-refractivity contribution in [2.24, 2.45) is 17.6 Å². The van der Waals surface area contributed by atoms with Crippen LogP contribution in [0.5, 0.6) is 0 Å². The number of piperidine rings is 1. The number of nitrogens with zero attached hydrogens (tertiary/aromatic N) is 1. The lowest BCUT2D eigenvalue weighted by Gasteiger charge is -2.34. The smallest absolute Gasteiger partial charge is 0.235 e. The Hall–Kier alpha value is -1.49. The molecule has 0 bridgehead atoms. The SMILES string of the molecule is Cc1ccccc1CSC(C(=O)N1CCC(C(N)=O)CC1)C(C)C. The molecule has 1 atom stereocenters. The summed E-state index contributed by atoms with van der Waals surface area (Å²) in [4.78, 5) is 26.1. The summed E-state index contributed by atoms with van der Waals surface area (Å²) in [5, 5.41) is -0.0465. The van der Waals surface area contributed by atoms with Gasteiger partial charge in [-0.15, -0.1) is 11.8 Å². The van der Waals surface area contributed by atoms with E-state index >= 15 is 0 Å². The summed E-state index contributed by atoms with van der Waals surface area (Å²) in [5.41, 5.74) is 7.93. The Bertz CT molecular complexity index is 580. The zero-order valence-corrected chi connectivity index (χ0v) is 15.6. The molecule has 0 radical (unpaired) electrons. The summed E-state index contributed by atoms with van der Waals surface area (Å²) in [6.45, 7) is 7.59. The van der Waals surface area contributed by atoms with Crippen molar-refractivity contribution in [1.29, 1.82) is 0 Å². The van der Waals surface area contributed by atoms with Crippen molar-refractivity contribution in [3.8, 4) is 0 Å². The molecule has 1 aliphatic rings. The van der Waals surface area contributed by atoms with Crippen LogP contribution in [0.15, 0.2) is 24.3 Å². The van der Waals surface area contributed by atoms with Crippen LogP contribution < -0.4 is 5.73 Å². The van der Waals surface area contributed by atoms with E-state index < -0.39 is 0 Å². The minimum Gasteiger partial charge on any atom is -0.369 e. The van der Waals surface area contributed by atoms with Crippen molar-refractivity contribution in [2.75, 3.05) is 13.1 Å². The molecule has 2 rings (SSSR count). The number of benzene rings is 1. The molecular weight excluding hydrogens is 320 g/mol. The van der Waals surface area contributed by atoms with Gasteiger partial charge in [-0.3, -0.25) is 9.59 Å². The van der Waals surface area contributed by atoms with Crippen molar-refractivity contribution in [3.05, 3.63) is 35.4 Å². The van der Waals surface area contributed by atoms with E-state index in [-0.39, 0.29) is 28.9 Å². The first-order valence-corrected chi connectivity index (χ1v) is 9.69. The van der Waals surface area contributed by atoms with Gasteiger partial charge in [0.05, 0.1) is 5.25 Å². The lowest BCUT2D eigenvalue weighted by atomic mass is 9.95. The Morgan fingerprint density at radius 1 is 1.25 bits per heavy atom. The number of hydrogen-bond acceptors (Lipinski definition) is 3. The van der Waals surface area contributed by atoms with Crippen LogP contribution in [0.3, 0.4) is 0 Å². The first kappa shape index (κ1) is 18.8. The van der Waals surface area contributed by atoms with Gasteiger partial charge in [0.15, 0.2) is 0 Å². The molecule has 0 spiro atoms. The zero-order chi connectivity index (χ0) is 17.7. The Balaban J connectivity index is 1.96. The first-order valence-electron chi connectivity index (χ1n) is 8.64. The molecule has 0 aromatic heterocycles. The molecule has 1 unspecified atom stereocenters. The molecule has 0 saturated carbocycles. The predicted octanol–water partition coefficient (Wildman–Crippen LogP) is 2.98. The van der Waals surface area contributed by atoms with Crippen LogP contribution in [-0.4, -0.2) is 35.1 Å². The average molecular weight is 349 g/mol. The number of aryl methyl sites for hydroxylation is 1. The summed E-state index contributed by atoms with van der Waals surface area (Å²) >= 11 is 1.72. The molecule has 4 nitrogen and oxygen atoms in total. The van der Waals surface area contributed by atoms with Crippen LogP contribution in [0.25, 0.3) is 0 Å². The van der Waals surface area contributed by atoms with Crippen LogP contribution in [0.4, 0.5) is 0 Å². The Kier molecular flexibility index (Phi) is 6.72. The van der Waals surface area contributed by atoms with Gasteiger partial charge >= 0.3 is 0 Å². The molecule has 1 saturated heterocycles. The van der Waals surface area contributed by atoms with E-state index in [0.29, 0.717) is 25.9 Å². The van der Waals surface area contributed by atoms with E-state index in [0.717, 1.165) is 5.75 Å². The third kappa shape index (κ3) is 4.76. The second-order valence-electron chi connectivity index (χ2n) is 6.90. The van der Waals surface area contributed by atoms with Crippen molar-refractivity contribution in [2.45, 2.75) is 44.6 Å². The topological polar surface area (TPSA) is 63.4 Å². The van der Waals surface area contributed by atoms with Gasteiger partial charge in [-0.1, -0.05) is 38.1 Å². The van der Waals surface area contributed by atoms with E-state index in [1.54, 1.807) is 11.8 Å². The van der Waals surface area contributed by atoms with Gasteiger partial charge in [-0.2, -0.15) is 0 Å². The van der Waals surface area contributed by atoms with Gasteiger partial charge in [0.25, 0.3) is 0 Å². The molecule has 5 heteroatoms. The molecule has 132 valence electrons. The number of thioether (sulfide) groups is 1. The molecule has 24 heavy (non-hydrogen) atoms. The first-order chi connectivity index (χ1) is 11.4. The van der Waals surface area contributed by atoms with Gasteiger partial charge < -0.3 is 10.6 Å². The molecule has 0 aliphatic carbocycles. The maximum Gasteiger partial charge on any atom is 0.235 e. The molecule has 1 aromatic carbocycles. The fraction of sp³-hybridized carbons (Fsp3) is 0.579. The normalized spacial score (nSPS) is 17.1. The van der Waals surface area contributed by atoms with Crippen LogP contribution in [0.1, 0.15) is 37.8 Å². The highest BCUT2D eigenvalue weighted by molar-refractivity contribution is 7.99. The molecule has 1 heterocycles. The van der Waals surface area contributed by atoms with Crippen molar-refractivity contribution in [1.82, 2.24) is 4.90 Å². The fourth-order valence-electron chi connectivity index (χ4n) is 3.06. The third-order valence-electron chi connectivity index (χ3n) is 4.74. The predicted molar refractivity (Wildman–Crippen MR) is 99.6 cm³/mol. The molecular formula is C19H28N2O2S. The fourth-order valence-corrected chi connectivity index (χ4v) is 4.42. The lowest BCUT2D eigenvalue weighted by Crippen LogP contribution is -2.46.